The van der Waals surface area contributed by atoms with Crippen molar-refractivity contribution in [3.63, 3.8) is 0 Å². The van der Waals surface area contributed by atoms with Gasteiger partial charge in [0, 0.05) is 24.8 Å². The van der Waals surface area contributed by atoms with Gasteiger partial charge in [0.05, 0.1) is 12.1 Å². The van der Waals surface area contributed by atoms with Crippen LogP contribution in [0.5, 0.6) is 0 Å². The third-order valence-electron chi connectivity index (χ3n) is 4.32. The number of nitrogens with one attached hydrogen (secondary N) is 1. The van der Waals surface area contributed by atoms with Crippen LogP contribution in [-0.4, -0.2) is 31.3 Å². The lowest BCUT2D eigenvalue weighted by atomic mass is 9.98. The molecular weight excluding hydrogens is 317 g/mol. The minimum absolute atomic E-state index is 0.240. The molecule has 0 aromatic heterocycles. The molecule has 3 nitrogen and oxygen atoms in total. The zero-order chi connectivity index (χ0) is 17.3. The Kier molecular flexibility index (Phi) is 4.78. The second kappa shape index (κ2) is 6.83. The van der Waals surface area contributed by atoms with Crippen LogP contribution >= 0.6 is 0 Å². The van der Waals surface area contributed by atoms with E-state index in [2.05, 4.69) is 5.32 Å². The molecular formula is C18H19F3N2O. The van der Waals surface area contributed by atoms with Crippen LogP contribution in [0.3, 0.4) is 0 Å². The number of likely N-dealkylation sites (N-methyl/N-ethyl adjacent to an activating group) is 1. The number of halogens is 3. The van der Waals surface area contributed by atoms with E-state index in [0.717, 1.165) is 11.6 Å². The van der Waals surface area contributed by atoms with Crippen molar-refractivity contribution in [3.8, 4) is 0 Å². The Hall–Kier alpha value is -2.05. The van der Waals surface area contributed by atoms with Crippen LogP contribution in [0.2, 0.25) is 0 Å². The van der Waals surface area contributed by atoms with Crippen molar-refractivity contribution in [2.45, 2.75) is 18.6 Å². The summed E-state index contributed by atoms with van der Waals surface area (Å²) in [5.74, 6) is -1.79. The Morgan fingerprint density at radius 1 is 1.08 bits per heavy atom. The number of fused-ring (bicyclic) bond motifs is 1. The molecule has 1 heterocycles. The average Bonchev–Trinajstić information content (AvgIpc) is 2.90. The molecule has 1 aliphatic rings. The van der Waals surface area contributed by atoms with Gasteiger partial charge in [-0.25, -0.2) is 13.2 Å². The van der Waals surface area contributed by atoms with Gasteiger partial charge in [0.25, 0.3) is 0 Å². The first kappa shape index (κ1) is 16.8. The lowest BCUT2D eigenvalue weighted by molar-refractivity contribution is 0.141. The van der Waals surface area contributed by atoms with E-state index in [4.69, 9.17) is 0 Å². The fourth-order valence-electron chi connectivity index (χ4n) is 3.34. The van der Waals surface area contributed by atoms with Crippen molar-refractivity contribution in [2.24, 2.45) is 0 Å². The van der Waals surface area contributed by atoms with Crippen LogP contribution in [0.4, 0.5) is 18.9 Å². The zero-order valence-electron chi connectivity index (χ0n) is 13.3. The van der Waals surface area contributed by atoms with Crippen molar-refractivity contribution >= 4 is 5.69 Å². The van der Waals surface area contributed by atoms with Gasteiger partial charge in [0.15, 0.2) is 0 Å². The highest BCUT2D eigenvalue weighted by Crippen LogP contribution is 2.37. The molecule has 2 aromatic carbocycles. The topological polar surface area (TPSA) is 35.5 Å². The molecule has 1 aliphatic heterocycles. The van der Waals surface area contributed by atoms with Crippen molar-refractivity contribution in [3.05, 3.63) is 65.0 Å². The van der Waals surface area contributed by atoms with E-state index in [0.29, 0.717) is 24.2 Å². The molecule has 128 valence electrons. The summed E-state index contributed by atoms with van der Waals surface area (Å²) in [6, 6.07) is 7.04. The molecule has 0 saturated heterocycles. The van der Waals surface area contributed by atoms with Crippen LogP contribution in [-0.2, 0) is 6.42 Å². The fraction of sp³-hybridized carbons (Fsp3) is 0.333. The standard InChI is InChI=1S/C18H19F3N2O/c1-22-10-17(24)18(12-6-14(20)8-15(21)7-12)23-5-4-11-2-3-13(19)9-16(11)23/h2-3,6-9,17-18,22,24H,4-5,10H2,1H3/t17-,18+/m1/s1. The molecule has 0 saturated carbocycles. The Morgan fingerprint density at radius 2 is 1.79 bits per heavy atom. The van der Waals surface area contributed by atoms with Gasteiger partial charge in [-0.1, -0.05) is 6.07 Å². The molecule has 0 amide bonds. The second-order valence-corrected chi connectivity index (χ2v) is 5.99. The third-order valence-corrected chi connectivity index (χ3v) is 4.32. The first-order valence-electron chi connectivity index (χ1n) is 7.83. The van der Waals surface area contributed by atoms with Gasteiger partial charge < -0.3 is 15.3 Å². The molecule has 0 spiro atoms. The summed E-state index contributed by atoms with van der Waals surface area (Å²) in [6.07, 6.45) is -0.221. The lowest BCUT2D eigenvalue weighted by Crippen LogP contribution is -2.40. The Bertz CT molecular complexity index is 718. The largest absolute Gasteiger partial charge is 0.389 e. The predicted octanol–water partition coefficient (Wildman–Crippen LogP) is 2.79. The van der Waals surface area contributed by atoms with E-state index in [1.54, 1.807) is 13.1 Å². The molecule has 0 aliphatic carbocycles. The van der Waals surface area contributed by atoms with Gasteiger partial charge in [-0.2, -0.15) is 0 Å². The van der Waals surface area contributed by atoms with Gasteiger partial charge in [-0.15, -0.1) is 0 Å². The van der Waals surface area contributed by atoms with E-state index in [-0.39, 0.29) is 12.4 Å². The minimum Gasteiger partial charge on any atom is -0.389 e. The SMILES string of the molecule is CNC[C@@H](O)[C@H](c1cc(F)cc(F)c1)N1CCc2ccc(F)cc21. The number of hydrogen-bond donors (Lipinski definition) is 2. The number of aliphatic hydroxyl groups is 1. The third kappa shape index (κ3) is 3.25. The van der Waals surface area contributed by atoms with E-state index >= 15 is 0 Å². The molecule has 2 N–H and O–H groups in total. The summed E-state index contributed by atoms with van der Waals surface area (Å²) in [5, 5.41) is 13.4. The van der Waals surface area contributed by atoms with Gasteiger partial charge in [0.1, 0.15) is 17.5 Å². The molecule has 3 rings (SSSR count). The van der Waals surface area contributed by atoms with Crippen LogP contribution in [0.25, 0.3) is 0 Å². The molecule has 2 aromatic rings. The van der Waals surface area contributed by atoms with Crippen molar-refractivity contribution < 1.29 is 18.3 Å². The first-order chi connectivity index (χ1) is 11.5. The van der Waals surface area contributed by atoms with Crippen molar-refractivity contribution in [2.75, 3.05) is 25.0 Å². The first-order valence-corrected chi connectivity index (χ1v) is 7.83. The second-order valence-electron chi connectivity index (χ2n) is 5.99. The van der Waals surface area contributed by atoms with E-state index in [1.807, 2.05) is 4.90 Å². The number of nitrogens with zero attached hydrogens (tertiary/aromatic N) is 1. The number of benzene rings is 2. The monoisotopic (exact) mass is 336 g/mol. The van der Waals surface area contributed by atoms with E-state index in [1.165, 1.54) is 24.3 Å². The van der Waals surface area contributed by atoms with E-state index in [9.17, 15) is 18.3 Å². The molecule has 24 heavy (non-hydrogen) atoms. The molecule has 0 unspecified atom stereocenters. The molecule has 6 heteroatoms. The highest BCUT2D eigenvalue weighted by molar-refractivity contribution is 5.60. The van der Waals surface area contributed by atoms with E-state index < -0.39 is 23.8 Å². The normalized spacial score (nSPS) is 16.1. The minimum atomic E-state index is -0.912. The molecule has 2 atom stereocenters. The maximum Gasteiger partial charge on any atom is 0.126 e. The van der Waals surface area contributed by atoms with Crippen LogP contribution in [0.15, 0.2) is 36.4 Å². The van der Waals surface area contributed by atoms with Gasteiger partial charge in [-0.05, 0) is 48.9 Å². The maximum absolute atomic E-state index is 13.7. The van der Waals surface area contributed by atoms with Crippen molar-refractivity contribution in [1.82, 2.24) is 5.32 Å². The summed E-state index contributed by atoms with van der Waals surface area (Å²) in [6.45, 7) is 0.784. The number of aliphatic hydroxyl groups excluding tert-OH is 1. The Labute approximate surface area is 138 Å². The van der Waals surface area contributed by atoms with Gasteiger partial charge >= 0.3 is 0 Å². The van der Waals surface area contributed by atoms with Gasteiger partial charge in [-0.3, -0.25) is 0 Å². The fourth-order valence-corrected chi connectivity index (χ4v) is 3.34. The van der Waals surface area contributed by atoms with Crippen molar-refractivity contribution in [1.29, 1.82) is 0 Å². The quantitative estimate of drug-likeness (QED) is 0.881. The zero-order valence-corrected chi connectivity index (χ0v) is 13.3. The molecule has 0 fully saturated rings. The number of rotatable bonds is 5. The predicted molar refractivity (Wildman–Crippen MR) is 86.5 cm³/mol. The van der Waals surface area contributed by atoms with Crippen LogP contribution < -0.4 is 10.2 Å². The number of anilines is 1. The summed E-state index contributed by atoms with van der Waals surface area (Å²) in [4.78, 5) is 1.81. The lowest BCUT2D eigenvalue weighted by Gasteiger charge is -2.34. The Balaban J connectivity index is 2.05. The van der Waals surface area contributed by atoms with Crippen LogP contribution in [0, 0.1) is 17.5 Å². The smallest absolute Gasteiger partial charge is 0.126 e. The molecule has 0 radical (unpaired) electrons. The summed E-state index contributed by atoms with van der Waals surface area (Å²) >= 11 is 0. The summed E-state index contributed by atoms with van der Waals surface area (Å²) in [5.41, 5.74) is 1.93. The number of hydrogen-bond acceptors (Lipinski definition) is 3. The van der Waals surface area contributed by atoms with Crippen LogP contribution in [0.1, 0.15) is 17.2 Å². The Morgan fingerprint density at radius 3 is 2.46 bits per heavy atom. The highest BCUT2D eigenvalue weighted by Gasteiger charge is 2.33. The average molecular weight is 336 g/mol. The van der Waals surface area contributed by atoms with Gasteiger partial charge in [0.2, 0.25) is 0 Å². The maximum atomic E-state index is 13.7. The summed E-state index contributed by atoms with van der Waals surface area (Å²) in [7, 11) is 1.68. The highest BCUT2D eigenvalue weighted by atomic mass is 19.1. The summed E-state index contributed by atoms with van der Waals surface area (Å²) < 4.78 is 41.0. The molecule has 0 bridgehead atoms.